The largest absolute Gasteiger partial charge is 0.495 e. The SMILES string of the molecule is COc1cc(N)ccc1S(=O)(=O)NCC1(O)CCC1. The second-order valence-corrected chi connectivity index (χ2v) is 6.55. The van der Waals surface area contributed by atoms with E-state index < -0.39 is 15.6 Å². The molecule has 106 valence electrons. The van der Waals surface area contributed by atoms with Crippen molar-refractivity contribution in [3.8, 4) is 5.75 Å². The molecule has 4 N–H and O–H groups in total. The molecule has 0 radical (unpaired) electrons. The molecule has 0 heterocycles. The van der Waals surface area contributed by atoms with Gasteiger partial charge in [0.15, 0.2) is 0 Å². The van der Waals surface area contributed by atoms with Crippen molar-refractivity contribution in [1.82, 2.24) is 4.72 Å². The van der Waals surface area contributed by atoms with Crippen molar-refractivity contribution in [2.24, 2.45) is 0 Å². The minimum absolute atomic E-state index is 0.0167. The molecule has 1 saturated carbocycles. The van der Waals surface area contributed by atoms with Gasteiger partial charge in [0.25, 0.3) is 0 Å². The maximum absolute atomic E-state index is 12.2. The lowest BCUT2D eigenvalue weighted by Gasteiger charge is -2.36. The summed E-state index contributed by atoms with van der Waals surface area (Å²) < 4.78 is 31.8. The molecule has 7 heteroatoms. The summed E-state index contributed by atoms with van der Waals surface area (Å²) in [6.07, 6.45) is 2.16. The maximum Gasteiger partial charge on any atom is 0.244 e. The summed E-state index contributed by atoms with van der Waals surface area (Å²) in [4.78, 5) is 0.0205. The Bertz CT molecular complexity index is 567. The van der Waals surface area contributed by atoms with Crippen LogP contribution < -0.4 is 15.2 Å². The lowest BCUT2D eigenvalue weighted by molar-refractivity contribution is -0.0271. The van der Waals surface area contributed by atoms with Crippen LogP contribution in [0.15, 0.2) is 23.1 Å². The van der Waals surface area contributed by atoms with Gasteiger partial charge >= 0.3 is 0 Å². The van der Waals surface area contributed by atoms with Gasteiger partial charge in [-0.05, 0) is 31.4 Å². The highest BCUT2D eigenvalue weighted by Crippen LogP contribution is 2.32. The zero-order valence-corrected chi connectivity index (χ0v) is 11.5. The van der Waals surface area contributed by atoms with E-state index in [1.807, 2.05) is 0 Å². The average molecular weight is 286 g/mol. The standard InChI is InChI=1S/C12H18N2O4S/c1-18-10-7-9(13)3-4-11(10)19(16,17)14-8-12(15)5-2-6-12/h3-4,7,14-15H,2,5-6,8,13H2,1H3. The molecule has 2 rings (SSSR count). The number of rotatable bonds is 5. The van der Waals surface area contributed by atoms with Crippen molar-refractivity contribution in [2.45, 2.75) is 29.8 Å². The number of hydrogen-bond donors (Lipinski definition) is 3. The highest BCUT2D eigenvalue weighted by Gasteiger charge is 2.35. The van der Waals surface area contributed by atoms with Gasteiger partial charge in [-0.3, -0.25) is 0 Å². The molecule has 0 bridgehead atoms. The minimum atomic E-state index is -3.72. The second-order valence-electron chi connectivity index (χ2n) is 4.81. The van der Waals surface area contributed by atoms with Gasteiger partial charge in [0.05, 0.1) is 12.7 Å². The molecule has 19 heavy (non-hydrogen) atoms. The number of nitrogens with one attached hydrogen (secondary N) is 1. The lowest BCUT2D eigenvalue weighted by Crippen LogP contribution is -2.47. The van der Waals surface area contributed by atoms with Crippen LogP contribution in [0.2, 0.25) is 0 Å². The Morgan fingerprint density at radius 1 is 1.47 bits per heavy atom. The van der Waals surface area contributed by atoms with Crippen LogP contribution >= 0.6 is 0 Å². The second kappa shape index (κ2) is 4.99. The summed E-state index contributed by atoms with van der Waals surface area (Å²) in [7, 11) is -2.34. The first kappa shape index (κ1) is 14.1. The highest BCUT2D eigenvalue weighted by molar-refractivity contribution is 7.89. The van der Waals surface area contributed by atoms with Gasteiger partial charge in [-0.2, -0.15) is 0 Å². The minimum Gasteiger partial charge on any atom is -0.495 e. The molecule has 1 aromatic carbocycles. The van der Waals surface area contributed by atoms with Gasteiger partial charge in [0, 0.05) is 18.3 Å². The molecule has 0 unspecified atom stereocenters. The van der Waals surface area contributed by atoms with Crippen molar-refractivity contribution in [1.29, 1.82) is 0 Å². The first-order chi connectivity index (χ1) is 8.86. The van der Waals surface area contributed by atoms with E-state index in [0.717, 1.165) is 6.42 Å². The van der Waals surface area contributed by atoms with Crippen molar-refractivity contribution in [3.05, 3.63) is 18.2 Å². The molecule has 0 aromatic heterocycles. The Labute approximate surface area is 112 Å². The Morgan fingerprint density at radius 3 is 2.68 bits per heavy atom. The molecule has 0 saturated heterocycles. The van der Waals surface area contributed by atoms with Crippen LogP contribution in [0.4, 0.5) is 5.69 Å². The molecule has 0 amide bonds. The number of anilines is 1. The van der Waals surface area contributed by atoms with Crippen LogP contribution in [0.5, 0.6) is 5.75 Å². The third-order valence-electron chi connectivity index (χ3n) is 3.35. The molecule has 1 aliphatic carbocycles. The van der Waals surface area contributed by atoms with E-state index in [1.54, 1.807) is 0 Å². The average Bonchev–Trinajstić information content (AvgIpc) is 2.33. The molecular weight excluding hydrogens is 268 g/mol. The first-order valence-corrected chi connectivity index (χ1v) is 7.50. The number of sulfonamides is 1. The molecule has 1 aliphatic rings. The summed E-state index contributed by atoms with van der Waals surface area (Å²) >= 11 is 0. The fourth-order valence-corrected chi connectivity index (χ4v) is 3.24. The fourth-order valence-electron chi connectivity index (χ4n) is 1.97. The molecule has 0 spiro atoms. The predicted molar refractivity (Wildman–Crippen MR) is 71.4 cm³/mol. The molecule has 6 nitrogen and oxygen atoms in total. The number of aliphatic hydroxyl groups is 1. The van der Waals surface area contributed by atoms with E-state index in [2.05, 4.69) is 4.72 Å². The Balaban J connectivity index is 2.19. The summed E-state index contributed by atoms with van der Waals surface area (Å²) in [6.45, 7) is 0.0167. The molecule has 1 aromatic rings. The van der Waals surface area contributed by atoms with Crippen LogP contribution in [0, 0.1) is 0 Å². The maximum atomic E-state index is 12.2. The summed E-state index contributed by atoms with van der Waals surface area (Å²) in [6, 6.07) is 4.34. The Kier molecular flexibility index (Phi) is 3.71. The van der Waals surface area contributed by atoms with E-state index in [9.17, 15) is 13.5 Å². The number of benzene rings is 1. The topological polar surface area (TPSA) is 102 Å². The van der Waals surface area contributed by atoms with Gasteiger partial charge in [0.1, 0.15) is 10.6 Å². The van der Waals surface area contributed by atoms with Gasteiger partial charge < -0.3 is 15.6 Å². The lowest BCUT2D eigenvalue weighted by atomic mass is 9.81. The Morgan fingerprint density at radius 2 is 2.16 bits per heavy atom. The van der Waals surface area contributed by atoms with Gasteiger partial charge in [0.2, 0.25) is 10.0 Å². The third-order valence-corrected chi connectivity index (χ3v) is 4.79. The predicted octanol–water partition coefficient (Wildman–Crippen LogP) is 0.471. The smallest absolute Gasteiger partial charge is 0.244 e. The summed E-state index contributed by atoms with van der Waals surface area (Å²) in [5, 5.41) is 9.91. The van der Waals surface area contributed by atoms with E-state index in [4.69, 9.17) is 10.5 Å². The number of nitrogen functional groups attached to an aromatic ring is 1. The molecule has 0 atom stereocenters. The normalized spacial score (nSPS) is 17.8. The van der Waals surface area contributed by atoms with Crippen LogP contribution in [-0.4, -0.2) is 32.8 Å². The summed E-state index contributed by atoms with van der Waals surface area (Å²) in [5.41, 5.74) is 5.10. The quantitative estimate of drug-likeness (QED) is 0.683. The van der Waals surface area contributed by atoms with Crippen molar-refractivity contribution in [3.63, 3.8) is 0 Å². The molecule has 0 aliphatic heterocycles. The number of methoxy groups -OCH3 is 1. The van der Waals surface area contributed by atoms with E-state index in [1.165, 1.54) is 25.3 Å². The van der Waals surface area contributed by atoms with Gasteiger partial charge in [-0.15, -0.1) is 0 Å². The van der Waals surface area contributed by atoms with Crippen molar-refractivity contribution in [2.75, 3.05) is 19.4 Å². The highest BCUT2D eigenvalue weighted by atomic mass is 32.2. The van der Waals surface area contributed by atoms with Gasteiger partial charge in [-0.1, -0.05) is 0 Å². The monoisotopic (exact) mass is 286 g/mol. The van der Waals surface area contributed by atoms with E-state index in [0.29, 0.717) is 18.5 Å². The number of hydrogen-bond acceptors (Lipinski definition) is 5. The first-order valence-electron chi connectivity index (χ1n) is 6.02. The van der Waals surface area contributed by atoms with Crippen LogP contribution in [0.25, 0.3) is 0 Å². The van der Waals surface area contributed by atoms with Crippen molar-refractivity contribution >= 4 is 15.7 Å². The van der Waals surface area contributed by atoms with Crippen LogP contribution in [0.1, 0.15) is 19.3 Å². The van der Waals surface area contributed by atoms with Crippen LogP contribution in [-0.2, 0) is 10.0 Å². The number of nitrogens with two attached hydrogens (primary N) is 1. The zero-order valence-electron chi connectivity index (χ0n) is 10.7. The molecular formula is C12H18N2O4S. The fraction of sp³-hybridized carbons (Fsp3) is 0.500. The zero-order chi connectivity index (χ0) is 14.1. The van der Waals surface area contributed by atoms with Crippen LogP contribution in [0.3, 0.4) is 0 Å². The summed E-state index contributed by atoms with van der Waals surface area (Å²) in [5.74, 6) is 0.188. The molecule has 1 fully saturated rings. The van der Waals surface area contributed by atoms with E-state index in [-0.39, 0.29) is 17.2 Å². The van der Waals surface area contributed by atoms with Crippen molar-refractivity contribution < 1.29 is 18.3 Å². The van der Waals surface area contributed by atoms with E-state index >= 15 is 0 Å². The third kappa shape index (κ3) is 2.99. The van der Waals surface area contributed by atoms with Gasteiger partial charge in [-0.25, -0.2) is 13.1 Å². The Hall–Kier alpha value is -1.31. The number of ether oxygens (including phenoxy) is 1.